The van der Waals surface area contributed by atoms with Gasteiger partial charge in [-0.1, -0.05) is 30.3 Å². The summed E-state index contributed by atoms with van der Waals surface area (Å²) in [6.45, 7) is 0.657. The van der Waals surface area contributed by atoms with Crippen molar-refractivity contribution >= 4 is 17.9 Å². The van der Waals surface area contributed by atoms with Crippen LogP contribution in [0.1, 0.15) is 16.1 Å². The molecule has 22 heavy (non-hydrogen) atoms. The molecule has 112 valence electrons. The molecule has 0 saturated heterocycles. The van der Waals surface area contributed by atoms with Crippen molar-refractivity contribution < 1.29 is 9.59 Å². The summed E-state index contributed by atoms with van der Waals surface area (Å²) in [5, 5.41) is 5.33. The van der Waals surface area contributed by atoms with Crippen LogP contribution in [0.25, 0.3) is 6.08 Å². The lowest BCUT2D eigenvalue weighted by atomic mass is 10.2. The van der Waals surface area contributed by atoms with E-state index >= 15 is 0 Å². The highest BCUT2D eigenvalue weighted by molar-refractivity contribution is 5.92. The molecule has 0 bridgehead atoms. The van der Waals surface area contributed by atoms with Gasteiger partial charge in [0.15, 0.2) is 0 Å². The third kappa shape index (κ3) is 5.16. The van der Waals surface area contributed by atoms with Gasteiger partial charge in [-0.2, -0.15) is 0 Å². The number of aromatic nitrogens is 2. The van der Waals surface area contributed by atoms with Gasteiger partial charge < -0.3 is 10.6 Å². The summed E-state index contributed by atoms with van der Waals surface area (Å²) in [6.07, 6.45) is 7.52. The van der Waals surface area contributed by atoms with Gasteiger partial charge in [0.05, 0.1) is 6.20 Å². The zero-order chi connectivity index (χ0) is 15.6. The van der Waals surface area contributed by atoms with E-state index in [9.17, 15) is 9.59 Å². The highest BCUT2D eigenvalue weighted by atomic mass is 16.2. The zero-order valence-corrected chi connectivity index (χ0v) is 11.9. The molecular formula is C16H16N4O2. The normalized spacial score (nSPS) is 10.4. The molecule has 0 atom stereocenters. The number of amides is 2. The van der Waals surface area contributed by atoms with Crippen LogP contribution in [0.15, 0.2) is 55.0 Å². The van der Waals surface area contributed by atoms with Gasteiger partial charge in [0.25, 0.3) is 5.91 Å². The lowest BCUT2D eigenvalue weighted by Crippen LogP contribution is -2.34. The monoisotopic (exact) mass is 296 g/mol. The molecule has 0 aliphatic carbocycles. The van der Waals surface area contributed by atoms with Crippen LogP contribution >= 0.6 is 0 Å². The molecule has 6 heteroatoms. The van der Waals surface area contributed by atoms with E-state index in [1.807, 2.05) is 30.3 Å². The number of nitrogens with zero attached hydrogens (tertiary/aromatic N) is 2. The molecule has 2 aromatic rings. The van der Waals surface area contributed by atoms with Crippen LogP contribution < -0.4 is 10.6 Å². The van der Waals surface area contributed by atoms with E-state index in [4.69, 9.17) is 0 Å². The Morgan fingerprint density at radius 2 is 1.82 bits per heavy atom. The fourth-order valence-corrected chi connectivity index (χ4v) is 1.66. The van der Waals surface area contributed by atoms with E-state index in [1.54, 1.807) is 6.08 Å². The Morgan fingerprint density at radius 3 is 2.55 bits per heavy atom. The highest BCUT2D eigenvalue weighted by Crippen LogP contribution is 2.00. The first-order valence-corrected chi connectivity index (χ1v) is 6.81. The van der Waals surface area contributed by atoms with E-state index in [-0.39, 0.29) is 17.5 Å². The predicted molar refractivity (Wildman–Crippen MR) is 82.9 cm³/mol. The summed E-state index contributed by atoms with van der Waals surface area (Å²) in [5.41, 5.74) is 1.20. The molecule has 0 spiro atoms. The van der Waals surface area contributed by atoms with Gasteiger partial charge >= 0.3 is 0 Å². The highest BCUT2D eigenvalue weighted by Gasteiger charge is 2.05. The van der Waals surface area contributed by atoms with Crippen molar-refractivity contribution in [2.24, 2.45) is 0 Å². The lowest BCUT2D eigenvalue weighted by molar-refractivity contribution is -0.116. The van der Waals surface area contributed by atoms with Gasteiger partial charge in [0, 0.05) is 31.6 Å². The van der Waals surface area contributed by atoms with Gasteiger partial charge in [0.1, 0.15) is 5.69 Å². The largest absolute Gasteiger partial charge is 0.351 e. The molecule has 6 nitrogen and oxygen atoms in total. The number of carbonyl (C=O) groups is 2. The summed E-state index contributed by atoms with van der Waals surface area (Å²) < 4.78 is 0. The summed E-state index contributed by atoms with van der Waals surface area (Å²) in [7, 11) is 0. The fraction of sp³-hybridized carbons (Fsp3) is 0.125. The molecule has 0 unspecified atom stereocenters. The summed E-state index contributed by atoms with van der Waals surface area (Å²) in [4.78, 5) is 31.0. The van der Waals surface area contributed by atoms with E-state index in [0.29, 0.717) is 13.1 Å². The summed E-state index contributed by atoms with van der Waals surface area (Å²) in [6, 6.07) is 9.53. The second-order valence-electron chi connectivity index (χ2n) is 4.38. The molecule has 1 aromatic carbocycles. The van der Waals surface area contributed by atoms with Crippen molar-refractivity contribution in [3.63, 3.8) is 0 Å². The average molecular weight is 296 g/mol. The third-order valence-electron chi connectivity index (χ3n) is 2.73. The first-order chi connectivity index (χ1) is 10.8. The topological polar surface area (TPSA) is 84.0 Å². The first kappa shape index (κ1) is 15.4. The molecule has 0 fully saturated rings. The Hall–Kier alpha value is -3.02. The molecule has 0 aliphatic rings. The molecule has 1 heterocycles. The van der Waals surface area contributed by atoms with Crippen LogP contribution in [0, 0.1) is 0 Å². The Labute approximate surface area is 128 Å². The second kappa shape index (κ2) is 8.31. The van der Waals surface area contributed by atoms with Gasteiger partial charge in [-0.15, -0.1) is 0 Å². The van der Waals surface area contributed by atoms with Gasteiger partial charge in [-0.3, -0.25) is 14.6 Å². The van der Waals surface area contributed by atoms with E-state index in [2.05, 4.69) is 20.6 Å². The summed E-state index contributed by atoms with van der Waals surface area (Å²) in [5.74, 6) is -0.528. The van der Waals surface area contributed by atoms with Crippen molar-refractivity contribution in [3.05, 3.63) is 66.3 Å². The SMILES string of the molecule is O=C(C=Cc1ccccc1)NCCNC(=O)c1cnccn1. The van der Waals surface area contributed by atoms with Crippen LogP contribution in [0.3, 0.4) is 0 Å². The standard InChI is InChI=1S/C16H16N4O2/c21-15(7-6-13-4-2-1-3-5-13)19-10-11-20-16(22)14-12-17-8-9-18-14/h1-9,12H,10-11H2,(H,19,21)(H,20,22). The lowest BCUT2D eigenvalue weighted by Gasteiger charge is -2.04. The summed E-state index contributed by atoms with van der Waals surface area (Å²) >= 11 is 0. The Bertz CT molecular complexity index is 642. The minimum Gasteiger partial charge on any atom is -0.351 e. The molecule has 2 amide bonds. The number of nitrogens with one attached hydrogen (secondary N) is 2. The van der Waals surface area contributed by atoms with Crippen molar-refractivity contribution in [1.29, 1.82) is 0 Å². The predicted octanol–water partition coefficient (Wildman–Crippen LogP) is 1.04. The van der Waals surface area contributed by atoms with E-state index in [0.717, 1.165) is 5.56 Å². The van der Waals surface area contributed by atoms with Gasteiger partial charge in [0.2, 0.25) is 5.91 Å². The Kier molecular flexibility index (Phi) is 5.80. The average Bonchev–Trinajstić information content (AvgIpc) is 2.58. The van der Waals surface area contributed by atoms with E-state index in [1.165, 1.54) is 24.7 Å². The van der Waals surface area contributed by atoms with Gasteiger partial charge in [-0.05, 0) is 11.6 Å². The van der Waals surface area contributed by atoms with Crippen LogP contribution in [0.4, 0.5) is 0 Å². The number of carbonyl (C=O) groups excluding carboxylic acids is 2. The second-order valence-corrected chi connectivity index (χ2v) is 4.38. The fourth-order valence-electron chi connectivity index (χ4n) is 1.66. The first-order valence-electron chi connectivity index (χ1n) is 6.81. The van der Waals surface area contributed by atoms with Crippen LogP contribution in [0.5, 0.6) is 0 Å². The van der Waals surface area contributed by atoms with Crippen molar-refractivity contribution in [2.45, 2.75) is 0 Å². The number of benzene rings is 1. The minimum absolute atomic E-state index is 0.211. The maximum absolute atomic E-state index is 11.7. The molecule has 0 saturated carbocycles. The van der Waals surface area contributed by atoms with Crippen molar-refractivity contribution in [1.82, 2.24) is 20.6 Å². The molecule has 2 rings (SSSR count). The zero-order valence-electron chi connectivity index (χ0n) is 11.9. The number of rotatable bonds is 6. The molecule has 1 aromatic heterocycles. The quantitative estimate of drug-likeness (QED) is 0.616. The molecule has 0 aliphatic heterocycles. The molecule has 2 N–H and O–H groups in total. The van der Waals surface area contributed by atoms with Crippen molar-refractivity contribution in [3.8, 4) is 0 Å². The maximum atomic E-state index is 11.7. The molecule has 0 radical (unpaired) electrons. The van der Waals surface area contributed by atoms with Crippen LogP contribution in [-0.4, -0.2) is 34.9 Å². The minimum atomic E-state index is -0.317. The van der Waals surface area contributed by atoms with Crippen LogP contribution in [-0.2, 0) is 4.79 Å². The number of hydrogen-bond acceptors (Lipinski definition) is 4. The molecular weight excluding hydrogens is 280 g/mol. The van der Waals surface area contributed by atoms with Crippen LogP contribution in [0.2, 0.25) is 0 Å². The Balaban J connectivity index is 1.67. The Morgan fingerprint density at radius 1 is 1.05 bits per heavy atom. The number of hydrogen-bond donors (Lipinski definition) is 2. The van der Waals surface area contributed by atoms with Crippen molar-refractivity contribution in [2.75, 3.05) is 13.1 Å². The van der Waals surface area contributed by atoms with E-state index < -0.39 is 0 Å². The maximum Gasteiger partial charge on any atom is 0.271 e. The van der Waals surface area contributed by atoms with Gasteiger partial charge in [-0.25, -0.2) is 4.98 Å². The smallest absolute Gasteiger partial charge is 0.271 e. The third-order valence-corrected chi connectivity index (χ3v) is 2.73.